The molecule has 0 radical (unpaired) electrons. The highest BCUT2D eigenvalue weighted by Gasteiger charge is 2.38. The summed E-state index contributed by atoms with van der Waals surface area (Å²) in [4.78, 5) is 14.0. The number of aliphatic hydroxyl groups is 1. The maximum absolute atomic E-state index is 9.19. The predicted octanol–water partition coefficient (Wildman–Crippen LogP) is 1.90. The van der Waals surface area contributed by atoms with E-state index in [1.165, 1.54) is 19.3 Å². The fraction of sp³-hybridized carbons (Fsp3) is 0.632. The Kier molecular flexibility index (Phi) is 5.36. The first kappa shape index (κ1) is 18.9. The van der Waals surface area contributed by atoms with Crippen molar-refractivity contribution in [2.24, 2.45) is 0 Å². The molecule has 9 heteroatoms. The Labute approximate surface area is 165 Å². The van der Waals surface area contributed by atoms with Gasteiger partial charge in [0.25, 0.3) is 0 Å². The summed E-state index contributed by atoms with van der Waals surface area (Å²) in [6.07, 6.45) is 6.14. The second-order valence-corrected chi connectivity index (χ2v) is 7.80. The largest absolute Gasteiger partial charge is 0.481 e. The first-order valence-electron chi connectivity index (χ1n) is 9.87. The molecule has 0 saturated carbocycles. The zero-order valence-corrected chi connectivity index (χ0v) is 16.7. The third-order valence-electron chi connectivity index (χ3n) is 6.14. The first-order valence-corrected chi connectivity index (χ1v) is 9.87. The maximum Gasteiger partial charge on any atom is 0.230 e. The number of methoxy groups -OCH3 is 1. The van der Waals surface area contributed by atoms with E-state index >= 15 is 0 Å². The number of aromatic nitrogens is 4. The van der Waals surface area contributed by atoms with E-state index in [0.29, 0.717) is 47.3 Å². The molecule has 152 valence electrons. The third-order valence-corrected chi connectivity index (χ3v) is 6.14. The molecule has 4 rings (SSSR count). The number of anilines is 3. The molecule has 2 aliphatic rings. The van der Waals surface area contributed by atoms with Gasteiger partial charge in [0.2, 0.25) is 11.8 Å². The monoisotopic (exact) mass is 387 g/mol. The van der Waals surface area contributed by atoms with Crippen molar-refractivity contribution in [3.8, 4) is 5.88 Å². The fourth-order valence-corrected chi connectivity index (χ4v) is 4.44. The van der Waals surface area contributed by atoms with Gasteiger partial charge >= 0.3 is 0 Å². The summed E-state index contributed by atoms with van der Waals surface area (Å²) in [6, 6.07) is 5.19. The van der Waals surface area contributed by atoms with E-state index in [1.54, 1.807) is 19.2 Å². The van der Waals surface area contributed by atoms with Crippen LogP contribution in [-0.4, -0.2) is 69.5 Å². The van der Waals surface area contributed by atoms with Gasteiger partial charge in [-0.3, -0.25) is 5.10 Å². The predicted molar refractivity (Wildman–Crippen MR) is 107 cm³/mol. The molecular formula is C19H29N7O2. The molecule has 2 bridgehead atoms. The highest BCUT2D eigenvalue weighted by atomic mass is 16.5. The molecule has 2 aromatic rings. The van der Waals surface area contributed by atoms with Gasteiger partial charge in [-0.2, -0.15) is 15.1 Å². The number of nitrogens with one attached hydrogen (secondary N) is 2. The summed E-state index contributed by atoms with van der Waals surface area (Å²) in [5.41, 5.74) is 0.638. The van der Waals surface area contributed by atoms with Crippen LogP contribution in [0.5, 0.6) is 5.88 Å². The van der Waals surface area contributed by atoms with Crippen molar-refractivity contribution in [3.05, 3.63) is 17.8 Å². The van der Waals surface area contributed by atoms with Crippen molar-refractivity contribution in [2.45, 2.75) is 56.8 Å². The van der Waals surface area contributed by atoms with Crippen LogP contribution in [0.25, 0.3) is 0 Å². The molecule has 0 spiro atoms. The minimum atomic E-state index is -0.0891. The lowest BCUT2D eigenvalue weighted by molar-refractivity contribution is 0.0556. The van der Waals surface area contributed by atoms with E-state index in [1.807, 2.05) is 0 Å². The SMILES string of the molecule is COc1cc(Nc2cc(CO)[nH]n2)nc(N(C)C2C[C@H]3CCC[C@@H](C2)N3C)n1. The van der Waals surface area contributed by atoms with Gasteiger partial charge in [0.1, 0.15) is 5.82 Å². The average Bonchev–Trinajstić information content (AvgIpc) is 3.14. The molecule has 3 atom stereocenters. The Morgan fingerprint density at radius 1 is 1.25 bits per heavy atom. The van der Waals surface area contributed by atoms with Crippen LogP contribution in [0.1, 0.15) is 37.8 Å². The summed E-state index contributed by atoms with van der Waals surface area (Å²) in [5, 5.41) is 19.3. The van der Waals surface area contributed by atoms with E-state index < -0.39 is 0 Å². The molecular weight excluding hydrogens is 358 g/mol. The van der Waals surface area contributed by atoms with Gasteiger partial charge in [-0.15, -0.1) is 0 Å². The van der Waals surface area contributed by atoms with Crippen LogP contribution in [-0.2, 0) is 6.61 Å². The molecule has 0 amide bonds. The Morgan fingerprint density at radius 3 is 2.64 bits per heavy atom. The highest BCUT2D eigenvalue weighted by molar-refractivity contribution is 5.55. The zero-order valence-electron chi connectivity index (χ0n) is 16.7. The van der Waals surface area contributed by atoms with Crippen molar-refractivity contribution in [2.75, 3.05) is 31.4 Å². The van der Waals surface area contributed by atoms with Crippen LogP contribution in [0.15, 0.2) is 12.1 Å². The molecule has 2 fully saturated rings. The van der Waals surface area contributed by atoms with Crippen LogP contribution >= 0.6 is 0 Å². The number of rotatable bonds is 6. The van der Waals surface area contributed by atoms with Crippen LogP contribution < -0.4 is 15.0 Å². The Balaban J connectivity index is 1.54. The van der Waals surface area contributed by atoms with E-state index in [0.717, 1.165) is 12.8 Å². The van der Waals surface area contributed by atoms with Gasteiger partial charge in [-0.1, -0.05) is 6.42 Å². The van der Waals surface area contributed by atoms with E-state index in [4.69, 9.17) is 9.72 Å². The minimum absolute atomic E-state index is 0.0891. The zero-order chi connectivity index (χ0) is 19.7. The molecule has 0 aromatic carbocycles. The molecule has 2 aliphatic heterocycles. The Hall–Kier alpha value is -2.39. The Bertz CT molecular complexity index is 797. The van der Waals surface area contributed by atoms with E-state index in [-0.39, 0.29) is 6.61 Å². The molecule has 4 heterocycles. The standard InChI is InChI=1S/C19H29N7O2/c1-25-13-5-4-6-14(25)9-15(8-13)26(2)19-21-16(10-18(22-19)28-3)20-17-7-12(11-27)23-24-17/h7,10,13-15,27H,4-6,8-9,11H2,1-3H3,(H2,20,21,22,23,24)/t13-,14+,15?. The fourth-order valence-electron chi connectivity index (χ4n) is 4.44. The molecule has 1 unspecified atom stereocenters. The van der Waals surface area contributed by atoms with Crippen molar-refractivity contribution >= 4 is 17.6 Å². The average molecular weight is 387 g/mol. The molecule has 0 aliphatic carbocycles. The van der Waals surface area contributed by atoms with Crippen LogP contribution in [0.4, 0.5) is 17.6 Å². The summed E-state index contributed by atoms with van der Waals surface area (Å²) < 4.78 is 5.39. The summed E-state index contributed by atoms with van der Waals surface area (Å²) in [7, 11) is 5.94. The maximum atomic E-state index is 9.19. The molecule has 9 nitrogen and oxygen atoms in total. The molecule has 2 aromatic heterocycles. The van der Waals surface area contributed by atoms with Gasteiger partial charge in [-0.05, 0) is 32.7 Å². The quantitative estimate of drug-likeness (QED) is 0.691. The number of hydrogen-bond acceptors (Lipinski definition) is 8. The van der Waals surface area contributed by atoms with Crippen LogP contribution in [0.3, 0.4) is 0 Å². The molecule has 2 saturated heterocycles. The van der Waals surface area contributed by atoms with Gasteiger partial charge in [-0.25, -0.2) is 0 Å². The highest BCUT2D eigenvalue weighted by Crippen LogP contribution is 2.35. The minimum Gasteiger partial charge on any atom is -0.481 e. The van der Waals surface area contributed by atoms with E-state index in [9.17, 15) is 5.11 Å². The normalized spacial score (nSPS) is 24.8. The van der Waals surface area contributed by atoms with Gasteiger partial charge < -0.3 is 25.0 Å². The number of ether oxygens (including phenoxy) is 1. The smallest absolute Gasteiger partial charge is 0.230 e. The van der Waals surface area contributed by atoms with Crippen LogP contribution in [0, 0.1) is 0 Å². The lowest BCUT2D eigenvalue weighted by Crippen LogP contribution is -2.55. The second-order valence-electron chi connectivity index (χ2n) is 7.80. The number of aromatic amines is 1. The lowest BCUT2D eigenvalue weighted by atomic mass is 9.82. The second kappa shape index (κ2) is 7.92. The Morgan fingerprint density at radius 2 is 2.00 bits per heavy atom. The topological polar surface area (TPSA) is 102 Å². The van der Waals surface area contributed by atoms with Crippen molar-refractivity contribution < 1.29 is 9.84 Å². The third kappa shape index (κ3) is 3.77. The van der Waals surface area contributed by atoms with Gasteiger partial charge in [0.15, 0.2) is 5.82 Å². The van der Waals surface area contributed by atoms with Gasteiger partial charge in [0, 0.05) is 37.3 Å². The van der Waals surface area contributed by atoms with Crippen molar-refractivity contribution in [1.82, 2.24) is 25.1 Å². The summed E-state index contributed by atoms with van der Waals surface area (Å²) in [6.45, 7) is -0.0891. The van der Waals surface area contributed by atoms with Crippen molar-refractivity contribution in [1.29, 1.82) is 0 Å². The number of piperidine rings is 2. The molecule has 28 heavy (non-hydrogen) atoms. The lowest BCUT2D eigenvalue weighted by Gasteiger charge is -2.49. The number of hydrogen-bond donors (Lipinski definition) is 3. The van der Waals surface area contributed by atoms with Gasteiger partial charge in [0.05, 0.1) is 19.4 Å². The summed E-state index contributed by atoms with van der Waals surface area (Å²) >= 11 is 0. The molecule has 3 N–H and O–H groups in total. The number of nitrogens with zero attached hydrogens (tertiary/aromatic N) is 5. The van der Waals surface area contributed by atoms with Crippen LogP contribution in [0.2, 0.25) is 0 Å². The van der Waals surface area contributed by atoms with Crippen molar-refractivity contribution in [3.63, 3.8) is 0 Å². The number of aliphatic hydroxyl groups excluding tert-OH is 1. The summed E-state index contributed by atoms with van der Waals surface area (Å²) in [5.74, 6) is 2.35. The number of fused-ring (bicyclic) bond motifs is 2. The first-order chi connectivity index (χ1) is 13.6. The number of H-pyrrole nitrogens is 1. The van der Waals surface area contributed by atoms with E-state index in [2.05, 4.69) is 44.4 Å².